The summed E-state index contributed by atoms with van der Waals surface area (Å²) in [5.74, 6) is -2.61. The van der Waals surface area contributed by atoms with Crippen LogP contribution in [0.3, 0.4) is 0 Å². The number of likely N-dealkylation sites (tertiary alicyclic amines) is 1. The molecule has 8 heteroatoms. The van der Waals surface area contributed by atoms with E-state index in [4.69, 9.17) is 0 Å². The summed E-state index contributed by atoms with van der Waals surface area (Å²) in [7, 11) is 0. The molecule has 0 radical (unpaired) electrons. The fourth-order valence-corrected chi connectivity index (χ4v) is 2.38. The van der Waals surface area contributed by atoms with Gasteiger partial charge in [0, 0.05) is 26.2 Å². The SMILES string of the molecule is C=CC(=O)N1CC(N/C(=N/C=C\C)C(=C)Nc2ccc(C(C)(F)F)nc2)C1. The van der Waals surface area contributed by atoms with Gasteiger partial charge in [0.1, 0.15) is 11.5 Å². The third-order valence-electron chi connectivity index (χ3n) is 3.86. The van der Waals surface area contributed by atoms with Crippen LogP contribution in [0.4, 0.5) is 14.5 Å². The highest BCUT2D eigenvalue weighted by Crippen LogP contribution is 2.25. The average Bonchev–Trinajstić information content (AvgIpc) is 2.59. The molecule has 2 N–H and O–H groups in total. The van der Waals surface area contributed by atoms with E-state index in [1.807, 2.05) is 6.92 Å². The van der Waals surface area contributed by atoms with Crippen molar-refractivity contribution in [2.45, 2.75) is 25.8 Å². The Morgan fingerprint density at radius 2 is 2.15 bits per heavy atom. The number of carbonyl (C=O) groups excluding carboxylic acids is 1. The highest BCUT2D eigenvalue weighted by molar-refractivity contribution is 6.01. The smallest absolute Gasteiger partial charge is 0.286 e. The molecule has 0 aromatic carbocycles. The van der Waals surface area contributed by atoms with Crippen LogP contribution >= 0.6 is 0 Å². The molecular weight excluding hydrogens is 352 g/mol. The Labute approximate surface area is 157 Å². The summed E-state index contributed by atoms with van der Waals surface area (Å²) in [6, 6.07) is 2.80. The molecule has 1 amide bonds. The first-order chi connectivity index (χ1) is 12.7. The number of rotatable bonds is 7. The number of halogens is 2. The molecule has 1 aromatic heterocycles. The Morgan fingerprint density at radius 3 is 2.67 bits per heavy atom. The molecule has 27 heavy (non-hydrogen) atoms. The zero-order valence-electron chi connectivity index (χ0n) is 15.4. The first-order valence-corrected chi connectivity index (χ1v) is 8.42. The van der Waals surface area contributed by atoms with E-state index in [1.165, 1.54) is 24.4 Å². The summed E-state index contributed by atoms with van der Waals surface area (Å²) >= 11 is 0. The number of nitrogens with one attached hydrogen (secondary N) is 2. The molecule has 6 nitrogen and oxygen atoms in total. The molecule has 0 spiro atoms. The Bertz CT molecular complexity index is 759. The molecule has 1 aliphatic rings. The number of aromatic nitrogens is 1. The lowest BCUT2D eigenvalue weighted by Gasteiger charge is -2.39. The summed E-state index contributed by atoms with van der Waals surface area (Å²) in [5, 5.41) is 6.22. The second-order valence-electron chi connectivity index (χ2n) is 6.17. The predicted octanol–water partition coefficient (Wildman–Crippen LogP) is 3.04. The van der Waals surface area contributed by atoms with Gasteiger partial charge in [-0.25, -0.2) is 4.99 Å². The molecule has 0 aliphatic carbocycles. The maximum Gasteiger partial charge on any atom is 0.286 e. The molecule has 0 unspecified atom stereocenters. The molecule has 144 valence electrons. The van der Waals surface area contributed by atoms with Gasteiger partial charge in [-0.2, -0.15) is 8.78 Å². The van der Waals surface area contributed by atoms with E-state index < -0.39 is 5.92 Å². The molecule has 1 fully saturated rings. The number of amides is 1. The van der Waals surface area contributed by atoms with Crippen LogP contribution in [0, 0.1) is 0 Å². The zero-order chi connectivity index (χ0) is 20.0. The van der Waals surface area contributed by atoms with E-state index in [1.54, 1.807) is 17.2 Å². The minimum Gasteiger partial charge on any atom is -0.362 e. The maximum absolute atomic E-state index is 13.2. The third kappa shape index (κ3) is 5.47. The van der Waals surface area contributed by atoms with Crippen LogP contribution in [0.25, 0.3) is 0 Å². The van der Waals surface area contributed by atoms with Crippen LogP contribution < -0.4 is 10.6 Å². The van der Waals surface area contributed by atoms with Crippen LogP contribution in [0.5, 0.6) is 0 Å². The third-order valence-corrected chi connectivity index (χ3v) is 3.86. The lowest BCUT2D eigenvalue weighted by molar-refractivity contribution is -0.130. The normalized spacial score (nSPS) is 15.4. The zero-order valence-corrected chi connectivity index (χ0v) is 15.4. The lowest BCUT2D eigenvalue weighted by atomic mass is 10.1. The van der Waals surface area contributed by atoms with E-state index >= 15 is 0 Å². The van der Waals surface area contributed by atoms with Gasteiger partial charge in [0.15, 0.2) is 0 Å². The number of anilines is 1. The topological polar surface area (TPSA) is 69.6 Å². The van der Waals surface area contributed by atoms with Crippen LogP contribution in [0.2, 0.25) is 0 Å². The van der Waals surface area contributed by atoms with Gasteiger partial charge in [-0.15, -0.1) is 0 Å². The van der Waals surface area contributed by atoms with Crippen molar-refractivity contribution in [2.75, 3.05) is 18.4 Å². The molecule has 0 bridgehead atoms. The summed E-state index contributed by atoms with van der Waals surface area (Å²) in [5.41, 5.74) is 0.667. The van der Waals surface area contributed by atoms with E-state index in [9.17, 15) is 13.6 Å². The molecule has 1 aliphatic heterocycles. The largest absolute Gasteiger partial charge is 0.362 e. The Balaban J connectivity index is 2.01. The standard InChI is InChI=1S/C19H23F2N5O/c1-5-9-22-18(25-15-11-26(12-15)17(27)6-2)13(3)24-14-7-8-16(23-10-14)19(4,20)21/h5-10,15,24H,2-3,11-12H2,1,4H3,(H,22,25)/b9-5-. The second-order valence-corrected chi connectivity index (χ2v) is 6.17. The number of nitrogens with zero attached hydrogens (tertiary/aromatic N) is 3. The Morgan fingerprint density at radius 1 is 1.44 bits per heavy atom. The lowest BCUT2D eigenvalue weighted by Crippen LogP contribution is -2.61. The summed E-state index contributed by atoms with van der Waals surface area (Å²) < 4.78 is 26.5. The van der Waals surface area contributed by atoms with Crippen molar-refractivity contribution in [1.82, 2.24) is 15.2 Å². The van der Waals surface area contributed by atoms with Crippen molar-refractivity contribution in [1.29, 1.82) is 0 Å². The van der Waals surface area contributed by atoms with Crippen LogP contribution in [-0.2, 0) is 10.7 Å². The Kier molecular flexibility index (Phi) is 6.44. The molecule has 0 saturated carbocycles. The minimum atomic E-state index is -2.99. The van der Waals surface area contributed by atoms with Crippen molar-refractivity contribution in [3.05, 3.63) is 61.2 Å². The van der Waals surface area contributed by atoms with Gasteiger partial charge in [0.05, 0.1) is 23.6 Å². The van der Waals surface area contributed by atoms with Crippen molar-refractivity contribution in [2.24, 2.45) is 4.99 Å². The molecule has 1 saturated heterocycles. The maximum atomic E-state index is 13.2. The van der Waals surface area contributed by atoms with E-state index in [2.05, 4.69) is 33.8 Å². The number of alkyl halides is 2. The number of hydrogen-bond acceptors (Lipinski definition) is 4. The van der Waals surface area contributed by atoms with E-state index in [-0.39, 0.29) is 17.6 Å². The monoisotopic (exact) mass is 375 g/mol. The average molecular weight is 375 g/mol. The van der Waals surface area contributed by atoms with E-state index in [0.717, 1.165) is 6.92 Å². The Hall–Kier alpha value is -3.03. The fourth-order valence-electron chi connectivity index (χ4n) is 2.38. The quantitative estimate of drug-likeness (QED) is 0.437. The number of allylic oxidation sites excluding steroid dienone is 1. The number of hydrogen-bond donors (Lipinski definition) is 2. The van der Waals surface area contributed by atoms with Gasteiger partial charge in [0.25, 0.3) is 5.92 Å². The number of carbonyl (C=O) groups is 1. The number of amidine groups is 1. The van der Waals surface area contributed by atoms with Crippen molar-refractivity contribution < 1.29 is 13.6 Å². The molecule has 1 aromatic rings. The second kappa shape index (κ2) is 8.57. The number of pyridine rings is 1. The van der Waals surface area contributed by atoms with Crippen LogP contribution in [0.1, 0.15) is 19.5 Å². The van der Waals surface area contributed by atoms with Gasteiger partial charge in [0.2, 0.25) is 5.91 Å². The molecule has 0 atom stereocenters. The predicted molar refractivity (Wildman–Crippen MR) is 103 cm³/mol. The number of aliphatic imine (C=N–C) groups is 1. The van der Waals surface area contributed by atoms with Gasteiger partial charge in [-0.05, 0) is 25.1 Å². The highest BCUT2D eigenvalue weighted by atomic mass is 19.3. The van der Waals surface area contributed by atoms with Crippen LogP contribution in [0.15, 0.2) is 60.5 Å². The summed E-state index contributed by atoms with van der Waals surface area (Å²) in [6.45, 7) is 11.1. The summed E-state index contributed by atoms with van der Waals surface area (Å²) in [4.78, 5) is 21.2. The van der Waals surface area contributed by atoms with Gasteiger partial charge < -0.3 is 15.5 Å². The first kappa shape index (κ1) is 20.3. The molecule has 2 rings (SSSR count). The molecule has 2 heterocycles. The van der Waals surface area contributed by atoms with E-state index in [0.29, 0.717) is 30.3 Å². The van der Waals surface area contributed by atoms with Crippen molar-refractivity contribution in [3.8, 4) is 0 Å². The summed E-state index contributed by atoms with van der Waals surface area (Å²) in [6.07, 6.45) is 5.98. The van der Waals surface area contributed by atoms with Gasteiger partial charge in [-0.1, -0.05) is 19.2 Å². The fraction of sp³-hybridized carbons (Fsp3) is 0.316. The first-order valence-electron chi connectivity index (χ1n) is 8.42. The highest BCUT2D eigenvalue weighted by Gasteiger charge is 2.30. The van der Waals surface area contributed by atoms with Crippen LogP contribution in [-0.4, -0.2) is 40.8 Å². The van der Waals surface area contributed by atoms with Crippen molar-refractivity contribution in [3.63, 3.8) is 0 Å². The molecular formula is C19H23F2N5O. The van der Waals surface area contributed by atoms with Gasteiger partial charge >= 0.3 is 0 Å². The van der Waals surface area contributed by atoms with Gasteiger partial charge in [-0.3, -0.25) is 9.78 Å². The van der Waals surface area contributed by atoms with Crippen molar-refractivity contribution >= 4 is 17.4 Å². The minimum absolute atomic E-state index is 0.0377.